The number of unbranched alkanes of at least 4 members (excludes halogenated alkanes) is 28. The molecule has 108 heavy (non-hydrogen) atoms. The van der Waals surface area contributed by atoms with Gasteiger partial charge in [0.25, 0.3) is 0 Å². The lowest BCUT2D eigenvalue weighted by molar-refractivity contribution is 0.183. The van der Waals surface area contributed by atoms with Crippen LogP contribution in [0.5, 0.6) is 0 Å². The van der Waals surface area contributed by atoms with E-state index < -0.39 is 0 Å². The average Bonchev–Trinajstić information content (AvgIpc) is 1.50. The minimum atomic E-state index is 0. The number of hydrogen-bond donors (Lipinski definition) is 0. The Morgan fingerprint density at radius 2 is 0.463 bits per heavy atom. The minimum absolute atomic E-state index is 0. The van der Waals surface area contributed by atoms with Gasteiger partial charge in [0.05, 0.1) is 39.1 Å². The first-order chi connectivity index (χ1) is 53.5. The second-order valence-electron chi connectivity index (χ2n) is 27.0. The molecule has 0 aromatic heterocycles. The Bertz CT molecular complexity index is 4490. The van der Waals surface area contributed by atoms with Gasteiger partial charge in [0, 0.05) is 109 Å². The molecule has 0 spiro atoms. The lowest BCUT2D eigenvalue weighted by Crippen LogP contribution is -1.98. The number of rotatable bonds is 42. The van der Waals surface area contributed by atoms with Gasteiger partial charge >= 0.3 is 0 Å². The number of ether oxygens (including phenoxy) is 6. The maximum Gasteiger partial charge on any atom is 0.229 e. The van der Waals surface area contributed by atoms with Crippen LogP contribution in [0.2, 0.25) is 0 Å². The third kappa shape index (κ3) is 23.2. The highest BCUT2D eigenvalue weighted by Gasteiger charge is 2.47. The second-order valence-corrected chi connectivity index (χ2v) is 33.6. The number of benzene rings is 4. The van der Waals surface area contributed by atoms with Crippen molar-refractivity contribution >= 4 is 87.3 Å². The van der Waals surface area contributed by atoms with E-state index in [2.05, 4.69) is 207 Å². The summed E-state index contributed by atoms with van der Waals surface area (Å²) in [6.45, 7) is 11.7. The van der Waals surface area contributed by atoms with E-state index in [1.54, 1.807) is 47.0 Å². The van der Waals surface area contributed by atoms with Crippen LogP contribution in [0.4, 0.5) is 0 Å². The molecule has 3 aliphatic carbocycles. The van der Waals surface area contributed by atoms with E-state index in [0.29, 0.717) is 36.6 Å². The van der Waals surface area contributed by atoms with Crippen LogP contribution < -0.4 is 0 Å². The fraction of sp³-hybridized carbons (Fsp3) is 0.417. The SMILES string of the molecule is C#CC#CC#CC#CC#COC1=C(OC#CC#CC#CC#CC#C)SC(=C2c3ccccc3-c3c2c2c(c4c3C(=C3SC(OCCCCCCCCCC)=C(OCCCCCCCCCC)S3)c3ccccc3-4)C(=C3SC(OCCCCCCCCCC)=C(OCCCCCCCCCC)S3)c3ccccc3-2)S1.[HH].[HH].[HH].[HH].[HH].[HH].[HH].[HH].[HH].[HH].[HH].[HH].[HH].[HH].[HH].[HH].[HH].[HH].[HH].[HH]. The van der Waals surface area contributed by atoms with Crippen molar-refractivity contribution in [1.29, 1.82) is 0 Å². The predicted molar refractivity (Wildman–Crippen MR) is 506 cm³/mol. The van der Waals surface area contributed by atoms with E-state index in [0.717, 1.165) is 129 Å². The predicted octanol–water partition coefficient (Wildman–Crippen LogP) is 31.4. The van der Waals surface area contributed by atoms with Crippen molar-refractivity contribution in [3.63, 3.8) is 0 Å². The van der Waals surface area contributed by atoms with Crippen molar-refractivity contribution in [2.24, 2.45) is 0 Å². The molecule has 4 aromatic carbocycles. The van der Waals surface area contributed by atoms with E-state index >= 15 is 0 Å². The van der Waals surface area contributed by atoms with E-state index in [-0.39, 0.29) is 28.5 Å². The molecule has 0 fully saturated rings. The second kappa shape index (κ2) is 47.0. The van der Waals surface area contributed by atoms with Gasteiger partial charge < -0.3 is 28.4 Å². The van der Waals surface area contributed by atoms with Crippen LogP contribution in [0.25, 0.3) is 50.1 Å². The Morgan fingerprint density at radius 3 is 0.713 bits per heavy atom. The summed E-state index contributed by atoms with van der Waals surface area (Å²) in [5, 5.41) is 4.21. The Morgan fingerprint density at radius 1 is 0.250 bits per heavy atom. The fourth-order valence-electron chi connectivity index (χ4n) is 13.9. The van der Waals surface area contributed by atoms with Crippen LogP contribution in [0.1, 0.15) is 295 Å². The van der Waals surface area contributed by atoms with Crippen LogP contribution in [0.15, 0.2) is 116 Å². The van der Waals surface area contributed by atoms with E-state index in [4.69, 9.17) is 41.3 Å². The zero-order valence-electron chi connectivity index (χ0n) is 63.4. The van der Waals surface area contributed by atoms with Gasteiger partial charge in [-0.25, -0.2) is 0 Å². The first kappa shape index (κ1) is 82.3. The van der Waals surface area contributed by atoms with Gasteiger partial charge in [-0.05, 0) is 194 Å². The monoisotopic (exact) mass is 1580 g/mol. The minimum Gasteiger partial charge on any atom is -0.483 e. The van der Waals surface area contributed by atoms with Gasteiger partial charge in [0.1, 0.15) is 12.2 Å². The molecule has 6 aliphatic rings. The van der Waals surface area contributed by atoms with Gasteiger partial charge in [-0.15, -0.1) is 12.8 Å². The van der Waals surface area contributed by atoms with E-state index in [1.807, 2.05) is 0 Å². The summed E-state index contributed by atoms with van der Waals surface area (Å²) in [5.74, 6) is 41.7. The zero-order valence-corrected chi connectivity index (χ0v) is 68.3. The van der Waals surface area contributed by atoms with Gasteiger partial charge in [-0.1, -0.05) is 280 Å². The highest BCUT2D eigenvalue weighted by atomic mass is 32.2. The molecule has 0 unspecified atom stereocenters. The van der Waals surface area contributed by atoms with Crippen molar-refractivity contribution in [3.8, 4) is 153 Å². The Balaban J connectivity index is -0.000000760. The topological polar surface area (TPSA) is 55.4 Å². The summed E-state index contributed by atoms with van der Waals surface area (Å²) in [6.07, 6.45) is 55.3. The van der Waals surface area contributed by atoms with Gasteiger partial charge in [0.2, 0.25) is 30.5 Å². The molecular weight excluding hydrogens is 1440 g/mol. The van der Waals surface area contributed by atoms with Crippen LogP contribution in [0.3, 0.4) is 0 Å². The molecule has 10 rings (SSSR count). The highest BCUT2D eigenvalue weighted by Crippen LogP contribution is 2.70. The molecule has 3 heterocycles. The van der Waals surface area contributed by atoms with Crippen molar-refractivity contribution < 1.29 is 57.0 Å². The molecule has 0 amide bonds. The van der Waals surface area contributed by atoms with E-state index in [9.17, 15) is 0 Å². The quantitative estimate of drug-likeness (QED) is 0.0271. The number of fused-ring (bicyclic) bond motifs is 12. The molecule has 0 saturated heterocycles. The van der Waals surface area contributed by atoms with Crippen LogP contribution in [0, 0.1) is 120 Å². The molecule has 594 valence electrons. The standard InChI is InChI=1S/C96H98O6S6.20H2/c1-7-13-19-25-31-37-43-55-67-97-88-89(98-68-56-44-38-32-26-20-14-8-2)104-94(103-88)82-76-64-52-49-61-73(76)79-85(82)80-74-62-50-53-65-77(74)83(95-105-90(99-69-57-45-39-33-27-21-15-9-3)91(106-95)100-70-58-46-40-34-28-22-16-10-4)87(80)81-75-63-51-54-66-78(75)84(86(79)81)96-107-92(101-71-59-47-41-35-29-23-17-11-5)93(108-96)102-72-60-48-42-36-30-24-18-12-6;;;;;;;;;;;;;;;;;;;;/h1-2,49-54,61-66H,9-12,15-18,21-24,27-30,33-36,39-42,45-48,57-60,69-72H2,3-6H3;20*1H. The molecule has 3 aliphatic heterocycles. The van der Waals surface area contributed by atoms with Crippen LogP contribution in [-0.4, -0.2) is 26.4 Å². The van der Waals surface area contributed by atoms with Gasteiger partial charge in [0.15, 0.2) is 0 Å². The Kier molecular flexibility index (Phi) is 35.8. The lowest BCUT2D eigenvalue weighted by atomic mass is 9.84. The van der Waals surface area contributed by atoms with Crippen molar-refractivity contribution in [3.05, 3.63) is 149 Å². The van der Waals surface area contributed by atoms with Crippen molar-refractivity contribution in [2.75, 3.05) is 26.4 Å². The molecule has 0 radical (unpaired) electrons. The summed E-state index contributed by atoms with van der Waals surface area (Å²) in [6, 6.07) is 27.0. The summed E-state index contributed by atoms with van der Waals surface area (Å²) in [4.78, 5) is 0. The number of hydrogen-bond acceptors (Lipinski definition) is 12. The van der Waals surface area contributed by atoms with Gasteiger partial charge in [-0.2, -0.15) is 0 Å². The summed E-state index contributed by atoms with van der Waals surface area (Å²) < 4.78 is 43.9. The van der Waals surface area contributed by atoms with Crippen molar-refractivity contribution in [2.45, 2.75) is 233 Å². The fourth-order valence-corrected chi connectivity index (χ4v) is 21.0. The van der Waals surface area contributed by atoms with Gasteiger partial charge in [-0.3, -0.25) is 0 Å². The smallest absolute Gasteiger partial charge is 0.229 e. The Hall–Kier alpha value is -8.18. The molecule has 0 N–H and O–H groups in total. The molecule has 12 heteroatoms. The molecular formula is C96H138O6S6. The Labute approximate surface area is 702 Å². The molecule has 0 saturated carbocycles. The van der Waals surface area contributed by atoms with Crippen LogP contribution in [-0.2, 0) is 28.4 Å². The maximum absolute atomic E-state index is 7.01. The number of terminal acetylenes is 2. The number of thioether (sulfide) groups is 6. The third-order valence-electron chi connectivity index (χ3n) is 19.1. The highest BCUT2D eigenvalue weighted by molar-refractivity contribution is 8.29. The van der Waals surface area contributed by atoms with Crippen LogP contribution >= 0.6 is 70.6 Å². The average molecular weight is 1580 g/mol. The maximum atomic E-state index is 7.01. The summed E-state index contributed by atoms with van der Waals surface area (Å²) in [5.41, 5.74) is 17.3. The molecule has 0 atom stereocenters. The molecule has 6 nitrogen and oxygen atoms in total. The summed E-state index contributed by atoms with van der Waals surface area (Å²) >= 11 is 9.84. The molecule has 0 bridgehead atoms. The van der Waals surface area contributed by atoms with E-state index in [1.165, 1.54) is 217 Å². The normalized spacial score (nSPS) is 13.5. The zero-order chi connectivity index (χ0) is 75.0. The lowest BCUT2D eigenvalue weighted by Gasteiger charge is -2.20. The first-order valence-corrected chi connectivity index (χ1v) is 44.3. The molecule has 4 aromatic rings. The summed E-state index contributed by atoms with van der Waals surface area (Å²) in [7, 11) is 0. The third-order valence-corrected chi connectivity index (χ3v) is 26.2. The first-order valence-electron chi connectivity index (χ1n) is 39.4. The largest absolute Gasteiger partial charge is 0.483 e. The van der Waals surface area contributed by atoms with Crippen molar-refractivity contribution in [1.82, 2.24) is 0 Å².